The lowest BCUT2D eigenvalue weighted by Crippen LogP contribution is -2.30. The van der Waals surface area contributed by atoms with Crippen LogP contribution in [0.15, 0.2) is 30.5 Å². The normalized spacial score (nSPS) is 14.2. The highest BCUT2D eigenvalue weighted by atomic mass is 19.4. The smallest absolute Gasteiger partial charge is 0.396 e. The van der Waals surface area contributed by atoms with Crippen LogP contribution in [0.5, 0.6) is 0 Å². The Bertz CT molecular complexity index is 992. The van der Waals surface area contributed by atoms with Gasteiger partial charge in [0.1, 0.15) is 6.61 Å². The summed E-state index contributed by atoms with van der Waals surface area (Å²) in [6, 6.07) is 5.54. The number of aromatic amines is 1. The summed E-state index contributed by atoms with van der Waals surface area (Å²) in [5.41, 5.74) is 0.311. The largest absolute Gasteiger partial charge is 0.435 e. The number of anilines is 1. The van der Waals surface area contributed by atoms with Crippen LogP contribution in [-0.4, -0.2) is 32.8 Å². The zero-order valence-electron chi connectivity index (χ0n) is 14.6. The van der Waals surface area contributed by atoms with E-state index >= 15 is 0 Å². The summed E-state index contributed by atoms with van der Waals surface area (Å²) >= 11 is 0. The first-order valence-electron chi connectivity index (χ1n) is 8.66. The number of halogens is 3. The fraction of sp³-hybridized carbons (Fsp3) is 0.353. The van der Waals surface area contributed by atoms with Crippen LogP contribution in [0.3, 0.4) is 0 Å². The summed E-state index contributed by atoms with van der Waals surface area (Å²) in [4.78, 5) is 18.4. The molecule has 3 aromatic rings. The molecule has 0 radical (unpaired) electrons. The van der Waals surface area contributed by atoms with Gasteiger partial charge < -0.3 is 15.5 Å². The van der Waals surface area contributed by atoms with Crippen LogP contribution in [-0.2, 0) is 12.7 Å². The SMILES string of the molecule is O=C(NCc1cc(C(F)(F)F)nn1OCC1CC1)Nc1cccc2[nH]ncc12. The van der Waals surface area contributed by atoms with Crippen molar-refractivity contribution in [2.75, 3.05) is 11.9 Å². The first-order valence-corrected chi connectivity index (χ1v) is 8.66. The first kappa shape index (κ1) is 18.1. The van der Waals surface area contributed by atoms with Gasteiger partial charge in [-0.15, -0.1) is 9.94 Å². The van der Waals surface area contributed by atoms with E-state index in [1.807, 2.05) is 0 Å². The molecule has 1 fully saturated rings. The average Bonchev–Trinajstić information content (AvgIpc) is 3.17. The number of benzene rings is 1. The Hall–Kier alpha value is -3.24. The van der Waals surface area contributed by atoms with Gasteiger partial charge in [0, 0.05) is 5.39 Å². The van der Waals surface area contributed by atoms with Crippen molar-refractivity contribution in [3.05, 3.63) is 41.9 Å². The van der Waals surface area contributed by atoms with Crippen molar-refractivity contribution in [3.8, 4) is 0 Å². The number of nitrogens with zero attached hydrogens (tertiary/aromatic N) is 3. The number of nitrogens with one attached hydrogen (secondary N) is 3. The van der Waals surface area contributed by atoms with Gasteiger partial charge in [-0.05, 0) is 37.0 Å². The van der Waals surface area contributed by atoms with Crippen molar-refractivity contribution < 1.29 is 22.8 Å². The number of hydrogen-bond acceptors (Lipinski definition) is 4. The van der Waals surface area contributed by atoms with E-state index in [-0.39, 0.29) is 12.2 Å². The number of carbonyl (C=O) groups is 1. The standard InChI is InChI=1S/C17H17F3N6O2/c18-17(19,20)15-6-11(26(25-15)28-9-10-4-5-10)7-21-16(27)23-13-2-1-3-14-12(13)8-22-24-14/h1-3,6,8,10H,4-5,7,9H2,(H,22,24)(H2,21,23,27). The topological polar surface area (TPSA) is 96.9 Å². The van der Waals surface area contributed by atoms with Crippen LogP contribution in [0.1, 0.15) is 24.2 Å². The Morgan fingerprint density at radius 2 is 2.18 bits per heavy atom. The number of H-pyrrole nitrogens is 1. The van der Waals surface area contributed by atoms with E-state index in [1.165, 1.54) is 0 Å². The molecule has 1 aromatic carbocycles. The maximum Gasteiger partial charge on any atom is 0.435 e. The van der Waals surface area contributed by atoms with Crippen molar-refractivity contribution in [2.45, 2.75) is 25.6 Å². The fourth-order valence-electron chi connectivity index (χ4n) is 2.65. The third-order valence-corrected chi connectivity index (χ3v) is 4.33. The molecule has 148 valence electrons. The highest BCUT2D eigenvalue weighted by Gasteiger charge is 2.35. The lowest BCUT2D eigenvalue weighted by molar-refractivity contribution is -0.142. The molecule has 8 nitrogen and oxygen atoms in total. The van der Waals surface area contributed by atoms with Crippen LogP contribution in [0.2, 0.25) is 0 Å². The molecule has 0 saturated heterocycles. The van der Waals surface area contributed by atoms with Crippen molar-refractivity contribution in [2.24, 2.45) is 5.92 Å². The van der Waals surface area contributed by atoms with Crippen molar-refractivity contribution >= 4 is 22.6 Å². The predicted molar refractivity (Wildman–Crippen MR) is 93.4 cm³/mol. The van der Waals surface area contributed by atoms with Crippen LogP contribution in [0.4, 0.5) is 23.7 Å². The van der Waals surface area contributed by atoms with Gasteiger partial charge in [0.2, 0.25) is 0 Å². The van der Waals surface area contributed by atoms with Gasteiger partial charge in [-0.1, -0.05) is 6.07 Å². The number of carbonyl (C=O) groups excluding carboxylic acids is 1. The molecule has 2 aromatic heterocycles. The molecule has 1 saturated carbocycles. The molecule has 1 aliphatic carbocycles. The molecule has 1 aliphatic rings. The quantitative estimate of drug-likeness (QED) is 0.599. The Labute approximate surface area is 157 Å². The second-order valence-corrected chi connectivity index (χ2v) is 6.58. The average molecular weight is 394 g/mol. The molecule has 0 aliphatic heterocycles. The predicted octanol–water partition coefficient (Wildman–Crippen LogP) is 2.94. The Morgan fingerprint density at radius 1 is 1.36 bits per heavy atom. The minimum Gasteiger partial charge on any atom is -0.396 e. The number of fused-ring (bicyclic) bond motifs is 1. The van der Waals surface area contributed by atoms with Gasteiger partial charge >= 0.3 is 12.2 Å². The Morgan fingerprint density at radius 3 is 2.93 bits per heavy atom. The van der Waals surface area contributed by atoms with Gasteiger partial charge in [0.15, 0.2) is 5.69 Å². The minimum absolute atomic E-state index is 0.102. The number of alkyl halides is 3. The maximum atomic E-state index is 13.0. The highest BCUT2D eigenvalue weighted by molar-refractivity contribution is 6.00. The third kappa shape index (κ3) is 4.02. The second kappa shape index (κ2) is 7.06. The molecule has 2 heterocycles. The zero-order valence-corrected chi connectivity index (χ0v) is 14.6. The van der Waals surface area contributed by atoms with Crippen molar-refractivity contribution in [1.29, 1.82) is 0 Å². The summed E-state index contributed by atoms with van der Waals surface area (Å²) in [6.07, 6.45) is -1.05. The lowest BCUT2D eigenvalue weighted by atomic mass is 10.2. The second-order valence-electron chi connectivity index (χ2n) is 6.58. The monoisotopic (exact) mass is 394 g/mol. The van der Waals surface area contributed by atoms with Gasteiger partial charge in [-0.2, -0.15) is 18.3 Å². The molecule has 0 atom stereocenters. The van der Waals surface area contributed by atoms with Crippen molar-refractivity contribution in [1.82, 2.24) is 25.5 Å². The molecule has 11 heteroatoms. The van der Waals surface area contributed by atoms with Crippen molar-refractivity contribution in [3.63, 3.8) is 0 Å². The van der Waals surface area contributed by atoms with Crippen LogP contribution in [0.25, 0.3) is 10.9 Å². The number of hydrogen-bond donors (Lipinski definition) is 3. The van der Waals surface area contributed by atoms with Crippen LogP contribution < -0.4 is 15.5 Å². The molecule has 2 amide bonds. The number of amides is 2. The molecule has 4 rings (SSSR count). The number of urea groups is 1. The summed E-state index contributed by atoms with van der Waals surface area (Å²) in [5, 5.41) is 16.1. The minimum atomic E-state index is -4.60. The van der Waals surface area contributed by atoms with E-state index < -0.39 is 17.9 Å². The summed E-state index contributed by atoms with van der Waals surface area (Å²) in [5.74, 6) is 0.345. The molecular formula is C17H17F3N6O2. The van der Waals surface area contributed by atoms with Gasteiger partial charge in [0.25, 0.3) is 0 Å². The molecule has 28 heavy (non-hydrogen) atoms. The van der Waals surface area contributed by atoms with E-state index in [1.54, 1.807) is 24.4 Å². The maximum absolute atomic E-state index is 13.0. The molecular weight excluding hydrogens is 377 g/mol. The van der Waals surface area contributed by atoms with Crippen LogP contribution >= 0.6 is 0 Å². The highest BCUT2D eigenvalue weighted by Crippen LogP contribution is 2.30. The zero-order chi connectivity index (χ0) is 19.7. The summed E-state index contributed by atoms with van der Waals surface area (Å²) in [7, 11) is 0. The van der Waals surface area contributed by atoms with Gasteiger partial charge in [-0.25, -0.2) is 4.79 Å². The van der Waals surface area contributed by atoms with Crippen LogP contribution in [0, 0.1) is 5.92 Å². The fourth-order valence-corrected chi connectivity index (χ4v) is 2.65. The molecule has 0 bridgehead atoms. The molecule has 0 unspecified atom stereocenters. The van der Waals surface area contributed by atoms with Gasteiger partial charge in [-0.3, -0.25) is 5.10 Å². The van der Waals surface area contributed by atoms with E-state index in [9.17, 15) is 18.0 Å². The Kier molecular flexibility index (Phi) is 4.57. The summed E-state index contributed by atoms with van der Waals surface area (Å²) < 4.78 is 38.9. The first-order chi connectivity index (χ1) is 13.4. The lowest BCUT2D eigenvalue weighted by Gasteiger charge is -2.10. The van der Waals surface area contributed by atoms with E-state index in [4.69, 9.17) is 4.84 Å². The van der Waals surface area contributed by atoms with E-state index in [0.717, 1.165) is 34.7 Å². The Balaban J connectivity index is 1.43. The third-order valence-electron chi connectivity index (χ3n) is 4.33. The number of aromatic nitrogens is 4. The molecule has 0 spiro atoms. The van der Waals surface area contributed by atoms with E-state index in [0.29, 0.717) is 18.2 Å². The number of rotatable bonds is 6. The van der Waals surface area contributed by atoms with Gasteiger partial charge in [0.05, 0.1) is 29.6 Å². The molecule has 3 N–H and O–H groups in total. The van der Waals surface area contributed by atoms with E-state index in [2.05, 4.69) is 25.9 Å². The summed E-state index contributed by atoms with van der Waals surface area (Å²) in [6.45, 7) is 0.113.